The van der Waals surface area contributed by atoms with E-state index in [-0.39, 0.29) is 16.5 Å². The van der Waals surface area contributed by atoms with E-state index in [9.17, 15) is 13.2 Å². The molecule has 1 atom stereocenters. The van der Waals surface area contributed by atoms with Crippen LogP contribution in [-0.2, 0) is 10.0 Å². The molecule has 0 aromatic carbocycles. The van der Waals surface area contributed by atoms with Crippen molar-refractivity contribution >= 4 is 10.0 Å². The molecule has 1 aromatic rings. The summed E-state index contributed by atoms with van der Waals surface area (Å²) in [6.07, 6.45) is 1.20. The van der Waals surface area contributed by atoms with Crippen molar-refractivity contribution in [2.45, 2.75) is 31.7 Å². The first-order valence-corrected chi connectivity index (χ1v) is 7.80. The average molecular weight is 287 g/mol. The number of likely N-dealkylation sites (N-methyl/N-ethyl adjacent to an activating group) is 1. The van der Waals surface area contributed by atoms with Gasteiger partial charge in [-0.2, -0.15) is 0 Å². The lowest BCUT2D eigenvalue weighted by Gasteiger charge is -2.23. The smallest absolute Gasteiger partial charge is 0.247 e. The maximum absolute atomic E-state index is 12.1. The van der Waals surface area contributed by atoms with Gasteiger partial charge in [-0.25, -0.2) is 13.1 Å². The number of rotatable bonds is 7. The molecular formula is C12H21N3O3S. The molecule has 6 nitrogen and oxygen atoms in total. The molecule has 1 heterocycles. The third-order valence-corrected chi connectivity index (χ3v) is 4.44. The zero-order valence-electron chi connectivity index (χ0n) is 11.5. The highest BCUT2D eigenvalue weighted by Gasteiger charge is 2.18. The van der Waals surface area contributed by atoms with Crippen molar-refractivity contribution in [1.82, 2.24) is 14.6 Å². The second-order valence-corrected chi connectivity index (χ2v) is 6.11. The van der Waals surface area contributed by atoms with Crippen LogP contribution in [-0.4, -0.2) is 44.0 Å². The van der Waals surface area contributed by atoms with Gasteiger partial charge in [0.05, 0.1) is 4.90 Å². The number of hydrogen-bond donors (Lipinski definition) is 2. The van der Waals surface area contributed by atoms with E-state index in [0.717, 1.165) is 13.1 Å². The summed E-state index contributed by atoms with van der Waals surface area (Å²) < 4.78 is 26.7. The Morgan fingerprint density at radius 3 is 2.42 bits per heavy atom. The third kappa shape index (κ3) is 4.77. The fraction of sp³-hybridized carbons (Fsp3) is 0.583. The fourth-order valence-electron chi connectivity index (χ4n) is 1.80. The summed E-state index contributed by atoms with van der Waals surface area (Å²) in [6, 6.07) is 2.30. The van der Waals surface area contributed by atoms with E-state index < -0.39 is 10.0 Å². The van der Waals surface area contributed by atoms with Gasteiger partial charge < -0.3 is 9.88 Å². The van der Waals surface area contributed by atoms with Gasteiger partial charge in [0, 0.05) is 24.8 Å². The van der Waals surface area contributed by atoms with Crippen molar-refractivity contribution < 1.29 is 8.42 Å². The van der Waals surface area contributed by atoms with E-state index in [4.69, 9.17) is 0 Å². The number of pyridine rings is 1. The van der Waals surface area contributed by atoms with Crippen molar-refractivity contribution in [3.8, 4) is 0 Å². The fourth-order valence-corrected chi connectivity index (χ4v) is 3.00. The summed E-state index contributed by atoms with van der Waals surface area (Å²) in [7, 11) is -3.59. The zero-order chi connectivity index (χ0) is 14.5. The molecule has 0 saturated carbocycles. The molecule has 0 saturated heterocycles. The first-order valence-electron chi connectivity index (χ1n) is 6.32. The third-order valence-electron chi connectivity index (χ3n) is 2.85. The molecule has 108 valence electrons. The molecule has 0 aliphatic heterocycles. The van der Waals surface area contributed by atoms with E-state index in [1.54, 1.807) is 0 Å². The van der Waals surface area contributed by atoms with Crippen molar-refractivity contribution in [3.05, 3.63) is 28.7 Å². The summed E-state index contributed by atoms with van der Waals surface area (Å²) in [6.45, 7) is 8.29. The van der Waals surface area contributed by atoms with Crippen LogP contribution in [0.15, 0.2) is 28.0 Å². The number of aromatic amines is 1. The van der Waals surface area contributed by atoms with E-state index in [0.29, 0.717) is 6.54 Å². The largest absolute Gasteiger partial charge is 0.328 e. The van der Waals surface area contributed by atoms with Gasteiger partial charge in [0.15, 0.2) is 0 Å². The Labute approximate surface area is 113 Å². The van der Waals surface area contributed by atoms with E-state index in [1.165, 1.54) is 18.3 Å². The molecule has 0 radical (unpaired) electrons. The number of hydrogen-bond acceptors (Lipinski definition) is 4. The van der Waals surface area contributed by atoms with Gasteiger partial charge in [-0.05, 0) is 26.1 Å². The van der Waals surface area contributed by atoms with Crippen LogP contribution in [0.3, 0.4) is 0 Å². The SMILES string of the molecule is CCN(CC)CC(C)NS(=O)(=O)c1ccc(=O)[nH]c1. The van der Waals surface area contributed by atoms with Crippen LogP contribution < -0.4 is 10.3 Å². The monoisotopic (exact) mass is 287 g/mol. The topological polar surface area (TPSA) is 82.3 Å². The predicted octanol–water partition coefficient (Wildman–Crippen LogP) is 0.384. The van der Waals surface area contributed by atoms with Gasteiger partial charge in [-0.1, -0.05) is 13.8 Å². The second-order valence-electron chi connectivity index (χ2n) is 4.40. The van der Waals surface area contributed by atoms with Crippen LogP contribution in [0.5, 0.6) is 0 Å². The second kappa shape index (κ2) is 6.83. The summed E-state index contributed by atoms with van der Waals surface area (Å²) >= 11 is 0. The Balaban J connectivity index is 2.74. The van der Waals surface area contributed by atoms with Gasteiger partial charge in [-0.3, -0.25) is 4.79 Å². The van der Waals surface area contributed by atoms with Crippen LogP contribution in [0, 0.1) is 0 Å². The van der Waals surface area contributed by atoms with E-state index in [2.05, 4.69) is 14.6 Å². The lowest BCUT2D eigenvalue weighted by atomic mass is 10.3. The Bertz CT molecular complexity index is 529. The number of sulfonamides is 1. The molecule has 0 fully saturated rings. The molecular weight excluding hydrogens is 266 g/mol. The highest BCUT2D eigenvalue weighted by Crippen LogP contribution is 2.05. The van der Waals surface area contributed by atoms with Crippen LogP contribution >= 0.6 is 0 Å². The Morgan fingerprint density at radius 2 is 1.95 bits per heavy atom. The first kappa shape index (κ1) is 15.9. The van der Waals surface area contributed by atoms with Gasteiger partial charge in [-0.15, -0.1) is 0 Å². The number of H-pyrrole nitrogens is 1. The minimum absolute atomic E-state index is 0.0681. The zero-order valence-corrected chi connectivity index (χ0v) is 12.3. The molecule has 7 heteroatoms. The molecule has 0 aliphatic carbocycles. The van der Waals surface area contributed by atoms with E-state index >= 15 is 0 Å². The molecule has 1 rings (SSSR count). The summed E-state index contributed by atoms with van der Waals surface area (Å²) in [4.78, 5) is 15.5. The minimum Gasteiger partial charge on any atom is -0.328 e. The lowest BCUT2D eigenvalue weighted by Crippen LogP contribution is -2.41. The van der Waals surface area contributed by atoms with Gasteiger partial charge in [0.25, 0.3) is 0 Å². The maximum Gasteiger partial charge on any atom is 0.247 e. The summed E-state index contributed by atoms with van der Waals surface area (Å²) in [5.74, 6) is 0. The van der Waals surface area contributed by atoms with Gasteiger partial charge >= 0.3 is 0 Å². The highest BCUT2D eigenvalue weighted by atomic mass is 32.2. The summed E-state index contributed by atoms with van der Waals surface area (Å²) in [5, 5.41) is 0. The van der Waals surface area contributed by atoms with Crippen LogP contribution in [0.25, 0.3) is 0 Å². The molecule has 0 spiro atoms. The van der Waals surface area contributed by atoms with E-state index in [1.807, 2.05) is 20.8 Å². The van der Waals surface area contributed by atoms with Gasteiger partial charge in [0.1, 0.15) is 0 Å². The normalized spacial score (nSPS) is 13.7. The summed E-state index contributed by atoms with van der Waals surface area (Å²) in [5.41, 5.74) is -0.324. The molecule has 1 unspecified atom stereocenters. The van der Waals surface area contributed by atoms with Crippen molar-refractivity contribution in [1.29, 1.82) is 0 Å². The van der Waals surface area contributed by atoms with Crippen molar-refractivity contribution in [3.63, 3.8) is 0 Å². The molecule has 1 aromatic heterocycles. The molecule has 19 heavy (non-hydrogen) atoms. The Morgan fingerprint density at radius 1 is 1.32 bits per heavy atom. The number of nitrogens with zero attached hydrogens (tertiary/aromatic N) is 1. The average Bonchev–Trinajstić information content (AvgIpc) is 2.35. The minimum atomic E-state index is -3.59. The molecule has 2 N–H and O–H groups in total. The predicted molar refractivity (Wildman–Crippen MR) is 74.6 cm³/mol. The number of aromatic nitrogens is 1. The molecule has 0 amide bonds. The lowest BCUT2D eigenvalue weighted by molar-refractivity contribution is 0.282. The Kier molecular flexibility index (Phi) is 5.71. The molecule has 0 aliphatic rings. The quantitative estimate of drug-likeness (QED) is 0.760. The van der Waals surface area contributed by atoms with Gasteiger partial charge in [0.2, 0.25) is 15.6 Å². The highest BCUT2D eigenvalue weighted by molar-refractivity contribution is 7.89. The van der Waals surface area contributed by atoms with Crippen molar-refractivity contribution in [2.24, 2.45) is 0 Å². The first-order chi connectivity index (χ1) is 8.89. The Hall–Kier alpha value is -1.18. The van der Waals surface area contributed by atoms with Crippen LogP contribution in [0.1, 0.15) is 20.8 Å². The number of nitrogens with one attached hydrogen (secondary N) is 2. The maximum atomic E-state index is 12.1. The van der Waals surface area contributed by atoms with Crippen LogP contribution in [0.4, 0.5) is 0 Å². The molecule has 0 bridgehead atoms. The van der Waals surface area contributed by atoms with Crippen LogP contribution in [0.2, 0.25) is 0 Å². The standard InChI is InChI=1S/C12H21N3O3S/c1-4-15(5-2)9-10(3)14-19(17,18)11-6-7-12(16)13-8-11/h6-8,10,14H,4-5,9H2,1-3H3,(H,13,16). The van der Waals surface area contributed by atoms with Crippen molar-refractivity contribution in [2.75, 3.05) is 19.6 Å².